The highest BCUT2D eigenvalue weighted by molar-refractivity contribution is 6.33. The summed E-state index contributed by atoms with van der Waals surface area (Å²) in [6.45, 7) is 2.91. The van der Waals surface area contributed by atoms with Gasteiger partial charge in [-0.1, -0.05) is 24.9 Å². The third-order valence-corrected chi connectivity index (χ3v) is 3.17. The number of nitrogens with one attached hydrogen (secondary N) is 1. The molecule has 1 aromatic heterocycles. The summed E-state index contributed by atoms with van der Waals surface area (Å²) in [6, 6.07) is 1.38. The second-order valence-corrected chi connectivity index (χ2v) is 4.81. The number of carboxylic acids is 1. The molecule has 19 heavy (non-hydrogen) atoms. The summed E-state index contributed by atoms with van der Waals surface area (Å²) in [4.78, 5) is 14.8. The molecule has 1 unspecified atom stereocenters. The number of halogens is 1. The van der Waals surface area contributed by atoms with E-state index in [-0.39, 0.29) is 12.2 Å². The molecule has 0 fully saturated rings. The molecule has 0 saturated carbocycles. The Kier molecular flexibility index (Phi) is 6.59. The SMILES string of the molecule is CCCC(CCO)CNc1ncc(C(=O)O)cc1Cl. The van der Waals surface area contributed by atoms with Gasteiger partial charge in [-0.05, 0) is 24.8 Å². The molecule has 0 aromatic carbocycles. The first kappa shape index (κ1) is 15.7. The maximum Gasteiger partial charge on any atom is 0.337 e. The van der Waals surface area contributed by atoms with Crippen molar-refractivity contribution < 1.29 is 15.0 Å². The van der Waals surface area contributed by atoms with Crippen molar-refractivity contribution in [3.05, 3.63) is 22.8 Å². The molecule has 5 nitrogen and oxygen atoms in total. The van der Waals surface area contributed by atoms with Gasteiger partial charge in [-0.25, -0.2) is 9.78 Å². The van der Waals surface area contributed by atoms with Gasteiger partial charge in [0.2, 0.25) is 0 Å². The van der Waals surface area contributed by atoms with Gasteiger partial charge in [0.1, 0.15) is 5.82 Å². The van der Waals surface area contributed by atoms with Gasteiger partial charge < -0.3 is 15.5 Å². The van der Waals surface area contributed by atoms with Gasteiger partial charge in [-0.15, -0.1) is 0 Å². The molecule has 1 aromatic rings. The second kappa shape index (κ2) is 7.96. The molecule has 0 spiro atoms. The van der Waals surface area contributed by atoms with Crippen molar-refractivity contribution in [1.82, 2.24) is 4.98 Å². The van der Waals surface area contributed by atoms with E-state index < -0.39 is 5.97 Å². The lowest BCUT2D eigenvalue weighted by molar-refractivity contribution is 0.0696. The van der Waals surface area contributed by atoms with Crippen LogP contribution in [0.5, 0.6) is 0 Å². The van der Waals surface area contributed by atoms with E-state index in [4.69, 9.17) is 21.8 Å². The van der Waals surface area contributed by atoms with Crippen LogP contribution in [-0.2, 0) is 0 Å². The second-order valence-electron chi connectivity index (χ2n) is 4.41. The third kappa shape index (κ3) is 5.04. The van der Waals surface area contributed by atoms with Crippen molar-refractivity contribution in [3.8, 4) is 0 Å². The molecule has 0 radical (unpaired) electrons. The first-order valence-corrected chi connectivity index (χ1v) is 6.69. The van der Waals surface area contributed by atoms with E-state index in [9.17, 15) is 4.79 Å². The number of aliphatic hydroxyl groups excluding tert-OH is 1. The van der Waals surface area contributed by atoms with Crippen LogP contribution in [0.4, 0.5) is 5.82 Å². The predicted octanol–water partition coefficient (Wildman–Crippen LogP) is 2.64. The smallest absolute Gasteiger partial charge is 0.337 e. The Bertz CT molecular complexity index is 420. The molecule has 3 N–H and O–H groups in total. The van der Waals surface area contributed by atoms with Crippen LogP contribution >= 0.6 is 11.6 Å². The van der Waals surface area contributed by atoms with Crippen LogP contribution in [0.15, 0.2) is 12.3 Å². The summed E-state index contributed by atoms with van der Waals surface area (Å²) in [5, 5.41) is 21.2. The van der Waals surface area contributed by atoms with Gasteiger partial charge in [0.25, 0.3) is 0 Å². The third-order valence-electron chi connectivity index (χ3n) is 2.88. The van der Waals surface area contributed by atoms with Crippen LogP contribution in [0.25, 0.3) is 0 Å². The highest BCUT2D eigenvalue weighted by Crippen LogP contribution is 2.21. The topological polar surface area (TPSA) is 82.5 Å². The van der Waals surface area contributed by atoms with Crippen molar-refractivity contribution in [2.75, 3.05) is 18.5 Å². The Morgan fingerprint density at radius 2 is 2.26 bits per heavy atom. The van der Waals surface area contributed by atoms with Crippen LogP contribution in [-0.4, -0.2) is 34.3 Å². The van der Waals surface area contributed by atoms with Crippen LogP contribution in [0.1, 0.15) is 36.5 Å². The zero-order chi connectivity index (χ0) is 14.3. The van der Waals surface area contributed by atoms with Gasteiger partial charge in [0, 0.05) is 19.3 Å². The molecule has 0 aliphatic carbocycles. The first-order valence-electron chi connectivity index (χ1n) is 6.32. The van der Waals surface area contributed by atoms with Crippen LogP contribution in [0, 0.1) is 5.92 Å². The molecule has 0 amide bonds. The molecular formula is C13H19ClN2O3. The molecule has 0 aliphatic heterocycles. The molecule has 1 rings (SSSR count). The molecule has 1 atom stereocenters. The standard InChI is InChI=1S/C13H19ClN2O3/c1-2-3-9(4-5-17)7-15-12-11(14)6-10(8-16-12)13(18)19/h6,8-9,17H,2-5,7H2,1H3,(H,15,16)(H,18,19). The minimum Gasteiger partial charge on any atom is -0.478 e. The van der Waals surface area contributed by atoms with E-state index in [0.29, 0.717) is 23.3 Å². The monoisotopic (exact) mass is 286 g/mol. The Labute approximate surface area is 117 Å². The summed E-state index contributed by atoms with van der Waals surface area (Å²) in [7, 11) is 0. The number of pyridine rings is 1. The Balaban J connectivity index is 2.63. The minimum absolute atomic E-state index is 0.0658. The fourth-order valence-electron chi connectivity index (χ4n) is 1.87. The number of carbonyl (C=O) groups is 1. The van der Waals surface area contributed by atoms with Crippen LogP contribution in [0.2, 0.25) is 5.02 Å². The molecule has 1 heterocycles. The number of aliphatic hydroxyl groups is 1. The number of aromatic carboxylic acids is 1. The van der Waals surface area contributed by atoms with E-state index in [1.54, 1.807) is 0 Å². The van der Waals surface area contributed by atoms with Crippen molar-refractivity contribution in [2.24, 2.45) is 5.92 Å². The Morgan fingerprint density at radius 3 is 2.79 bits per heavy atom. The van der Waals surface area contributed by atoms with Crippen molar-refractivity contribution in [1.29, 1.82) is 0 Å². The van der Waals surface area contributed by atoms with Gasteiger partial charge in [0.05, 0.1) is 10.6 Å². The highest BCUT2D eigenvalue weighted by atomic mass is 35.5. The number of rotatable bonds is 8. The average molecular weight is 287 g/mol. The molecule has 0 bridgehead atoms. The molecule has 106 valence electrons. The largest absolute Gasteiger partial charge is 0.478 e. The van der Waals surface area contributed by atoms with Gasteiger partial charge in [-0.2, -0.15) is 0 Å². The lowest BCUT2D eigenvalue weighted by atomic mass is 10.0. The van der Waals surface area contributed by atoms with E-state index in [0.717, 1.165) is 19.3 Å². The van der Waals surface area contributed by atoms with E-state index in [1.165, 1.54) is 12.3 Å². The number of hydrogen-bond donors (Lipinski definition) is 3. The van der Waals surface area contributed by atoms with Crippen molar-refractivity contribution in [3.63, 3.8) is 0 Å². The predicted molar refractivity (Wildman–Crippen MR) is 74.8 cm³/mol. The molecule has 0 saturated heterocycles. The maximum atomic E-state index is 10.8. The fourth-order valence-corrected chi connectivity index (χ4v) is 2.10. The number of carboxylic acid groups (broad SMARTS) is 1. The molecule has 6 heteroatoms. The number of nitrogens with zero attached hydrogens (tertiary/aromatic N) is 1. The summed E-state index contributed by atoms with van der Waals surface area (Å²) >= 11 is 5.97. The van der Waals surface area contributed by atoms with Crippen LogP contribution in [0.3, 0.4) is 0 Å². The van der Waals surface area contributed by atoms with Gasteiger partial charge in [0.15, 0.2) is 0 Å². The number of anilines is 1. The van der Waals surface area contributed by atoms with E-state index in [1.807, 2.05) is 0 Å². The zero-order valence-electron chi connectivity index (χ0n) is 10.9. The Morgan fingerprint density at radius 1 is 1.53 bits per heavy atom. The lowest BCUT2D eigenvalue weighted by Gasteiger charge is -2.16. The lowest BCUT2D eigenvalue weighted by Crippen LogP contribution is -2.16. The van der Waals surface area contributed by atoms with Crippen LogP contribution < -0.4 is 5.32 Å². The van der Waals surface area contributed by atoms with Crippen molar-refractivity contribution >= 4 is 23.4 Å². The highest BCUT2D eigenvalue weighted by Gasteiger charge is 2.11. The number of hydrogen-bond acceptors (Lipinski definition) is 4. The minimum atomic E-state index is -1.05. The fraction of sp³-hybridized carbons (Fsp3) is 0.538. The summed E-state index contributed by atoms with van der Waals surface area (Å²) in [5.74, 6) is -0.220. The molecular weight excluding hydrogens is 268 g/mol. The first-order chi connectivity index (χ1) is 9.08. The van der Waals surface area contributed by atoms with E-state index in [2.05, 4.69) is 17.2 Å². The van der Waals surface area contributed by atoms with Gasteiger partial charge in [-0.3, -0.25) is 0 Å². The normalized spacial score (nSPS) is 12.2. The summed E-state index contributed by atoms with van der Waals surface area (Å²) < 4.78 is 0. The summed E-state index contributed by atoms with van der Waals surface area (Å²) in [5.41, 5.74) is 0.0658. The van der Waals surface area contributed by atoms with E-state index >= 15 is 0 Å². The molecule has 0 aliphatic rings. The number of aromatic nitrogens is 1. The quantitative estimate of drug-likeness (QED) is 0.684. The van der Waals surface area contributed by atoms with Crippen molar-refractivity contribution in [2.45, 2.75) is 26.2 Å². The zero-order valence-corrected chi connectivity index (χ0v) is 11.7. The summed E-state index contributed by atoms with van der Waals surface area (Å²) in [6.07, 6.45) is 4.06. The van der Waals surface area contributed by atoms with Gasteiger partial charge >= 0.3 is 5.97 Å². The Hall–Kier alpha value is -1.33. The average Bonchev–Trinajstić information content (AvgIpc) is 2.37. The maximum absolute atomic E-state index is 10.8.